The molecule has 1 rings (SSSR count). The van der Waals surface area contributed by atoms with Gasteiger partial charge in [-0.15, -0.1) is 0 Å². The smallest absolute Gasteiger partial charge is 0.407 e. The number of rotatable bonds is 5. The molecule has 0 aliphatic heterocycles. The Morgan fingerprint density at radius 3 is 2.29 bits per heavy atom. The number of alkyl carbamates (subject to hydrolysis) is 1. The lowest BCUT2D eigenvalue weighted by molar-refractivity contribution is 0.0523. The molecule has 0 radical (unpaired) electrons. The fourth-order valence-corrected chi connectivity index (χ4v) is 2.26. The average Bonchev–Trinajstić information content (AvgIpc) is 2.35. The van der Waals surface area contributed by atoms with E-state index in [0.29, 0.717) is 6.54 Å². The van der Waals surface area contributed by atoms with Gasteiger partial charge in [0, 0.05) is 12.6 Å². The zero-order chi connectivity index (χ0) is 16.1. The van der Waals surface area contributed by atoms with Crippen molar-refractivity contribution in [3.8, 4) is 0 Å². The lowest BCUT2D eigenvalue weighted by Crippen LogP contribution is -2.42. The number of benzene rings is 1. The van der Waals surface area contributed by atoms with Gasteiger partial charge in [0.05, 0.1) is 0 Å². The molecule has 1 aromatic rings. The predicted octanol–water partition coefficient (Wildman–Crippen LogP) is 3.21. The molecule has 4 heteroatoms. The molecule has 0 spiro atoms. The van der Waals surface area contributed by atoms with Crippen LogP contribution in [-0.4, -0.2) is 24.3 Å². The molecule has 118 valence electrons. The highest BCUT2D eigenvalue weighted by molar-refractivity contribution is 5.67. The predicted molar refractivity (Wildman–Crippen MR) is 86.3 cm³/mol. The summed E-state index contributed by atoms with van der Waals surface area (Å²) in [5.41, 5.74) is 6.87. The topological polar surface area (TPSA) is 64.3 Å². The highest BCUT2D eigenvalue weighted by atomic mass is 16.6. The molecule has 0 aliphatic rings. The number of nitrogens with two attached hydrogens (primary N) is 1. The standard InChI is InChI=1S/C17H28N2O2/c1-16(2,3)21-15(20)19-12-14(18)11-17(4,5)13-9-7-6-8-10-13/h6-10,14H,11-12,18H2,1-5H3,(H,19,20). The van der Waals surface area contributed by atoms with E-state index in [1.54, 1.807) is 0 Å². The first kappa shape index (κ1) is 17.5. The monoisotopic (exact) mass is 292 g/mol. The fourth-order valence-electron chi connectivity index (χ4n) is 2.26. The van der Waals surface area contributed by atoms with E-state index in [4.69, 9.17) is 10.5 Å². The molecule has 3 N–H and O–H groups in total. The SMILES string of the molecule is CC(C)(C)OC(=O)NCC(N)CC(C)(C)c1ccccc1. The van der Waals surface area contributed by atoms with E-state index in [9.17, 15) is 4.79 Å². The summed E-state index contributed by atoms with van der Waals surface area (Å²) in [4.78, 5) is 11.6. The largest absolute Gasteiger partial charge is 0.444 e. The van der Waals surface area contributed by atoms with Gasteiger partial charge < -0.3 is 15.8 Å². The Bertz CT molecular complexity index is 450. The number of hydrogen-bond donors (Lipinski definition) is 2. The first-order valence-electron chi connectivity index (χ1n) is 7.38. The van der Waals surface area contributed by atoms with E-state index in [0.717, 1.165) is 6.42 Å². The molecule has 0 aliphatic carbocycles. The minimum absolute atomic E-state index is 0.0315. The minimum Gasteiger partial charge on any atom is -0.444 e. The number of amides is 1. The Morgan fingerprint density at radius 1 is 1.19 bits per heavy atom. The quantitative estimate of drug-likeness (QED) is 0.876. The molecule has 0 heterocycles. The number of nitrogens with one attached hydrogen (secondary N) is 1. The highest BCUT2D eigenvalue weighted by Gasteiger charge is 2.24. The van der Waals surface area contributed by atoms with Gasteiger partial charge in [0.1, 0.15) is 5.60 Å². The molecule has 21 heavy (non-hydrogen) atoms. The Hall–Kier alpha value is -1.55. The molecular formula is C17H28N2O2. The molecule has 1 atom stereocenters. The molecule has 4 nitrogen and oxygen atoms in total. The van der Waals surface area contributed by atoms with Crippen molar-refractivity contribution in [1.82, 2.24) is 5.32 Å². The lowest BCUT2D eigenvalue weighted by Gasteiger charge is -2.29. The van der Waals surface area contributed by atoms with Crippen LogP contribution in [0.1, 0.15) is 46.6 Å². The van der Waals surface area contributed by atoms with Crippen LogP contribution in [0.25, 0.3) is 0 Å². The molecule has 1 unspecified atom stereocenters. The second-order valence-electron chi connectivity index (χ2n) is 7.10. The van der Waals surface area contributed by atoms with Crippen LogP contribution in [0, 0.1) is 0 Å². The summed E-state index contributed by atoms with van der Waals surface area (Å²) in [6.45, 7) is 10.2. The highest BCUT2D eigenvalue weighted by Crippen LogP contribution is 2.27. The summed E-state index contributed by atoms with van der Waals surface area (Å²) < 4.78 is 5.20. The van der Waals surface area contributed by atoms with E-state index < -0.39 is 11.7 Å². The number of carbonyl (C=O) groups excluding carboxylic acids is 1. The third-order valence-electron chi connectivity index (χ3n) is 3.24. The van der Waals surface area contributed by atoms with Crippen molar-refractivity contribution >= 4 is 6.09 Å². The van der Waals surface area contributed by atoms with Gasteiger partial charge in [0.25, 0.3) is 0 Å². The van der Waals surface area contributed by atoms with Crippen LogP contribution in [0.3, 0.4) is 0 Å². The van der Waals surface area contributed by atoms with Crippen LogP contribution in [0.15, 0.2) is 30.3 Å². The van der Waals surface area contributed by atoms with Crippen molar-refractivity contribution in [3.63, 3.8) is 0 Å². The third-order valence-corrected chi connectivity index (χ3v) is 3.24. The summed E-state index contributed by atoms with van der Waals surface area (Å²) >= 11 is 0. The van der Waals surface area contributed by atoms with Crippen molar-refractivity contribution in [2.24, 2.45) is 5.73 Å². The Kier molecular flexibility index (Phi) is 5.78. The van der Waals surface area contributed by atoms with Gasteiger partial charge in [-0.1, -0.05) is 44.2 Å². The van der Waals surface area contributed by atoms with Gasteiger partial charge in [-0.2, -0.15) is 0 Å². The third kappa shape index (κ3) is 6.63. The normalized spacial score (nSPS) is 13.6. The second-order valence-corrected chi connectivity index (χ2v) is 7.10. The van der Waals surface area contributed by atoms with E-state index in [1.165, 1.54) is 5.56 Å². The molecule has 0 saturated carbocycles. The zero-order valence-corrected chi connectivity index (χ0v) is 13.8. The van der Waals surface area contributed by atoms with E-state index in [-0.39, 0.29) is 11.5 Å². The van der Waals surface area contributed by atoms with Gasteiger partial charge >= 0.3 is 6.09 Å². The van der Waals surface area contributed by atoms with Crippen LogP contribution < -0.4 is 11.1 Å². The van der Waals surface area contributed by atoms with E-state index in [2.05, 4.69) is 31.3 Å². The molecule has 0 saturated heterocycles. The van der Waals surface area contributed by atoms with Crippen LogP contribution in [-0.2, 0) is 10.2 Å². The zero-order valence-electron chi connectivity index (χ0n) is 13.8. The summed E-state index contributed by atoms with van der Waals surface area (Å²) in [6, 6.07) is 10.2. The maximum absolute atomic E-state index is 11.6. The molecule has 1 aromatic carbocycles. The van der Waals surface area contributed by atoms with E-state index >= 15 is 0 Å². The van der Waals surface area contributed by atoms with Crippen molar-refractivity contribution < 1.29 is 9.53 Å². The van der Waals surface area contributed by atoms with Crippen molar-refractivity contribution in [2.75, 3.05) is 6.54 Å². The lowest BCUT2D eigenvalue weighted by atomic mass is 9.79. The van der Waals surface area contributed by atoms with Gasteiger partial charge in [-0.25, -0.2) is 4.79 Å². The van der Waals surface area contributed by atoms with Crippen molar-refractivity contribution in [3.05, 3.63) is 35.9 Å². The molecule has 0 aromatic heterocycles. The molecule has 0 bridgehead atoms. The summed E-state index contributed by atoms with van der Waals surface area (Å²) in [6.07, 6.45) is 0.364. The number of carbonyl (C=O) groups is 1. The van der Waals surface area contributed by atoms with Gasteiger partial charge in [0.15, 0.2) is 0 Å². The first-order valence-corrected chi connectivity index (χ1v) is 7.38. The Labute approximate surface area is 128 Å². The molecular weight excluding hydrogens is 264 g/mol. The maximum Gasteiger partial charge on any atom is 0.407 e. The molecule has 0 fully saturated rings. The molecule has 1 amide bonds. The van der Waals surface area contributed by atoms with Gasteiger partial charge in [-0.3, -0.25) is 0 Å². The van der Waals surface area contributed by atoms with Crippen LogP contribution >= 0.6 is 0 Å². The number of hydrogen-bond acceptors (Lipinski definition) is 3. The van der Waals surface area contributed by atoms with E-state index in [1.807, 2.05) is 39.0 Å². The van der Waals surface area contributed by atoms with Crippen LogP contribution in [0.4, 0.5) is 4.79 Å². The van der Waals surface area contributed by atoms with Crippen molar-refractivity contribution in [2.45, 2.75) is 58.1 Å². The van der Waals surface area contributed by atoms with Crippen LogP contribution in [0.5, 0.6) is 0 Å². The van der Waals surface area contributed by atoms with Crippen molar-refractivity contribution in [1.29, 1.82) is 0 Å². The summed E-state index contributed by atoms with van der Waals surface area (Å²) in [5.74, 6) is 0. The Balaban J connectivity index is 2.47. The number of ether oxygens (including phenoxy) is 1. The van der Waals surface area contributed by atoms with Gasteiger partial charge in [0.2, 0.25) is 0 Å². The summed E-state index contributed by atoms with van der Waals surface area (Å²) in [5, 5.41) is 2.73. The second kappa shape index (κ2) is 6.94. The average molecular weight is 292 g/mol. The minimum atomic E-state index is -0.489. The van der Waals surface area contributed by atoms with Crippen LogP contribution in [0.2, 0.25) is 0 Å². The Morgan fingerprint density at radius 2 is 1.76 bits per heavy atom. The fraction of sp³-hybridized carbons (Fsp3) is 0.588. The first-order chi connectivity index (χ1) is 9.60. The maximum atomic E-state index is 11.6. The van der Waals surface area contributed by atoms with Gasteiger partial charge in [-0.05, 0) is 38.2 Å². The summed E-state index contributed by atoms with van der Waals surface area (Å²) in [7, 11) is 0.